The van der Waals surface area contributed by atoms with Gasteiger partial charge in [0.05, 0.1) is 34.8 Å². The number of aromatic nitrogens is 2. The Labute approximate surface area is 234 Å². The van der Waals surface area contributed by atoms with Crippen molar-refractivity contribution in [1.82, 2.24) is 14.9 Å². The average Bonchev–Trinajstić information content (AvgIpc) is 2.94. The highest BCUT2D eigenvalue weighted by Gasteiger charge is 2.16. The Morgan fingerprint density at radius 3 is 2.60 bits per heavy atom. The zero-order valence-corrected chi connectivity index (χ0v) is 23.3. The number of anilines is 3. The lowest BCUT2D eigenvalue weighted by molar-refractivity contribution is -0.116. The van der Waals surface area contributed by atoms with Gasteiger partial charge in [0.1, 0.15) is 24.2 Å². The van der Waals surface area contributed by atoms with Crippen molar-refractivity contribution in [3.63, 3.8) is 0 Å². The van der Waals surface area contributed by atoms with Crippen LogP contribution in [0.5, 0.6) is 11.5 Å². The molecule has 0 fully saturated rings. The molecule has 0 saturated heterocycles. The van der Waals surface area contributed by atoms with Gasteiger partial charge in [-0.3, -0.25) is 14.8 Å². The summed E-state index contributed by atoms with van der Waals surface area (Å²) < 4.78 is 11.7. The number of pyridine rings is 2. The summed E-state index contributed by atoms with van der Waals surface area (Å²) in [7, 11) is 3.96. The molecule has 0 aliphatic heterocycles. The highest BCUT2D eigenvalue weighted by atomic mass is 16.5. The Hall–Kier alpha value is -4.68. The number of ether oxygens (including phenoxy) is 2. The van der Waals surface area contributed by atoms with Crippen LogP contribution < -0.4 is 20.1 Å². The van der Waals surface area contributed by atoms with E-state index in [4.69, 9.17) is 9.47 Å². The van der Waals surface area contributed by atoms with E-state index < -0.39 is 0 Å². The Kier molecular flexibility index (Phi) is 9.49. The number of nitrogens with one attached hydrogen (secondary N) is 2. The smallest absolute Gasteiger partial charge is 0.224 e. The van der Waals surface area contributed by atoms with Crippen molar-refractivity contribution in [2.45, 2.75) is 33.3 Å². The summed E-state index contributed by atoms with van der Waals surface area (Å²) in [5.74, 6) is 1.14. The second kappa shape index (κ2) is 13.4. The molecular formula is C31H34N6O3. The summed E-state index contributed by atoms with van der Waals surface area (Å²) >= 11 is 0. The van der Waals surface area contributed by atoms with Crippen LogP contribution in [0.15, 0.2) is 60.9 Å². The molecule has 0 aliphatic carbocycles. The largest absolute Gasteiger partial charge is 0.492 e. The zero-order chi connectivity index (χ0) is 28.5. The van der Waals surface area contributed by atoms with Gasteiger partial charge in [0.25, 0.3) is 0 Å². The molecule has 2 aromatic heterocycles. The third-order valence-electron chi connectivity index (χ3n) is 6.29. The lowest BCUT2D eigenvalue weighted by Crippen LogP contribution is -2.17. The number of nitriles is 1. The predicted octanol–water partition coefficient (Wildman–Crippen LogP) is 5.81. The molecule has 0 bridgehead atoms. The van der Waals surface area contributed by atoms with Gasteiger partial charge in [0.15, 0.2) is 0 Å². The summed E-state index contributed by atoms with van der Waals surface area (Å²) in [6.07, 6.45) is 4.42. The highest BCUT2D eigenvalue weighted by molar-refractivity contribution is 6.02. The minimum Gasteiger partial charge on any atom is -0.492 e. The zero-order valence-electron chi connectivity index (χ0n) is 23.3. The van der Waals surface area contributed by atoms with Crippen molar-refractivity contribution < 1.29 is 14.3 Å². The number of rotatable bonds is 12. The molecule has 2 aromatic carbocycles. The number of hydrogen-bond acceptors (Lipinski definition) is 8. The van der Waals surface area contributed by atoms with Crippen molar-refractivity contribution in [2.24, 2.45) is 0 Å². The molecule has 4 aromatic rings. The maximum atomic E-state index is 12.7. The van der Waals surface area contributed by atoms with Gasteiger partial charge in [-0.1, -0.05) is 6.07 Å². The summed E-state index contributed by atoms with van der Waals surface area (Å²) in [6, 6.07) is 17.2. The van der Waals surface area contributed by atoms with Crippen molar-refractivity contribution in [2.75, 3.05) is 37.9 Å². The van der Waals surface area contributed by atoms with Gasteiger partial charge in [-0.25, -0.2) is 0 Å². The van der Waals surface area contributed by atoms with E-state index in [0.717, 1.165) is 29.9 Å². The van der Waals surface area contributed by atoms with Crippen molar-refractivity contribution >= 4 is 33.9 Å². The van der Waals surface area contributed by atoms with Gasteiger partial charge < -0.3 is 25.0 Å². The van der Waals surface area contributed by atoms with E-state index in [0.29, 0.717) is 59.0 Å². The molecule has 0 unspecified atom stereocenters. The van der Waals surface area contributed by atoms with Crippen LogP contribution in [0.4, 0.5) is 17.1 Å². The number of carbonyl (C=O) groups excluding carboxylic acids is 1. The van der Waals surface area contributed by atoms with Gasteiger partial charge in [-0.15, -0.1) is 0 Å². The summed E-state index contributed by atoms with van der Waals surface area (Å²) in [4.78, 5) is 23.6. The number of amides is 1. The van der Waals surface area contributed by atoms with Crippen LogP contribution in [0.25, 0.3) is 10.9 Å². The molecule has 2 N–H and O–H groups in total. The molecule has 1 amide bonds. The quantitative estimate of drug-likeness (QED) is 0.232. The number of nitrogens with zero attached hydrogens (tertiary/aromatic N) is 4. The van der Waals surface area contributed by atoms with E-state index in [9.17, 15) is 10.1 Å². The number of benzene rings is 2. The number of aryl methyl sites for hydroxylation is 1. The standard InChI is InChI=1S/C31H34N6O3/c1-5-39-29-17-26-25(16-27(29)36-30(38)9-7-15-37(3)4)31(22(18-32)19-34-26)35-23-10-12-24(13-11-23)40-20-28-21(2)8-6-14-33-28/h6,8,10-14,16-17,19H,5,7,9,15,20H2,1-4H3,(H,34,35)(H,36,38). The molecule has 0 atom stereocenters. The van der Waals surface area contributed by atoms with E-state index in [1.807, 2.05) is 75.3 Å². The summed E-state index contributed by atoms with van der Waals surface area (Å²) in [5, 5.41) is 16.9. The number of fused-ring (bicyclic) bond motifs is 1. The van der Waals surface area contributed by atoms with E-state index in [-0.39, 0.29) is 5.91 Å². The first-order valence-corrected chi connectivity index (χ1v) is 13.2. The van der Waals surface area contributed by atoms with Crippen LogP contribution in [0.1, 0.15) is 36.6 Å². The van der Waals surface area contributed by atoms with Gasteiger partial charge in [0.2, 0.25) is 5.91 Å². The second-order valence-corrected chi connectivity index (χ2v) is 9.62. The van der Waals surface area contributed by atoms with Gasteiger partial charge >= 0.3 is 0 Å². The molecule has 0 spiro atoms. The fourth-order valence-electron chi connectivity index (χ4n) is 4.18. The van der Waals surface area contributed by atoms with Gasteiger partial charge in [0, 0.05) is 36.0 Å². The normalized spacial score (nSPS) is 10.8. The van der Waals surface area contributed by atoms with Crippen LogP contribution in [-0.2, 0) is 11.4 Å². The number of hydrogen-bond donors (Lipinski definition) is 2. The van der Waals surface area contributed by atoms with Gasteiger partial charge in [-0.05, 0) is 82.9 Å². The van der Waals surface area contributed by atoms with Crippen LogP contribution in [-0.4, -0.2) is 48.0 Å². The van der Waals surface area contributed by atoms with Crippen molar-refractivity contribution in [1.29, 1.82) is 5.26 Å². The van der Waals surface area contributed by atoms with Gasteiger partial charge in [-0.2, -0.15) is 5.26 Å². The Morgan fingerprint density at radius 1 is 1.10 bits per heavy atom. The van der Waals surface area contributed by atoms with E-state index in [1.165, 1.54) is 6.20 Å². The third kappa shape index (κ3) is 7.24. The van der Waals surface area contributed by atoms with Crippen molar-refractivity contribution in [3.8, 4) is 17.6 Å². The SMILES string of the molecule is CCOc1cc2ncc(C#N)c(Nc3ccc(OCc4ncccc4C)cc3)c2cc1NC(=O)CCCN(C)C. The maximum absolute atomic E-state index is 12.7. The van der Waals surface area contributed by atoms with Crippen molar-refractivity contribution in [3.05, 3.63) is 77.7 Å². The van der Waals surface area contributed by atoms with E-state index in [1.54, 1.807) is 12.3 Å². The minimum atomic E-state index is -0.0995. The molecule has 206 valence electrons. The topological polar surface area (TPSA) is 112 Å². The summed E-state index contributed by atoms with van der Waals surface area (Å²) in [6.45, 7) is 5.52. The average molecular weight is 539 g/mol. The molecule has 2 heterocycles. The first-order valence-electron chi connectivity index (χ1n) is 13.2. The maximum Gasteiger partial charge on any atom is 0.224 e. The van der Waals surface area contributed by atoms with E-state index in [2.05, 4.69) is 26.7 Å². The first kappa shape index (κ1) is 28.3. The second-order valence-electron chi connectivity index (χ2n) is 9.62. The highest BCUT2D eigenvalue weighted by Crippen LogP contribution is 2.36. The molecule has 9 nitrogen and oxygen atoms in total. The van der Waals surface area contributed by atoms with Crippen LogP contribution >= 0.6 is 0 Å². The van der Waals surface area contributed by atoms with E-state index >= 15 is 0 Å². The van der Waals surface area contributed by atoms with Crippen LogP contribution in [0.3, 0.4) is 0 Å². The van der Waals surface area contributed by atoms with Crippen LogP contribution in [0, 0.1) is 18.3 Å². The molecular weight excluding hydrogens is 504 g/mol. The molecule has 40 heavy (non-hydrogen) atoms. The molecule has 9 heteroatoms. The molecule has 0 aliphatic rings. The Morgan fingerprint density at radius 2 is 1.90 bits per heavy atom. The molecule has 0 saturated carbocycles. The Balaban J connectivity index is 1.58. The molecule has 4 rings (SSSR count). The lowest BCUT2D eigenvalue weighted by Gasteiger charge is -2.17. The first-order chi connectivity index (χ1) is 19.4. The summed E-state index contributed by atoms with van der Waals surface area (Å²) in [5.41, 5.74) is 4.89. The minimum absolute atomic E-state index is 0.0995. The Bertz CT molecular complexity index is 1510. The fourth-order valence-corrected chi connectivity index (χ4v) is 4.18. The predicted molar refractivity (Wildman–Crippen MR) is 157 cm³/mol. The fraction of sp³-hybridized carbons (Fsp3) is 0.290. The third-order valence-corrected chi connectivity index (χ3v) is 6.29. The molecule has 0 radical (unpaired) electrons. The monoisotopic (exact) mass is 538 g/mol. The lowest BCUT2D eigenvalue weighted by atomic mass is 10.1. The van der Waals surface area contributed by atoms with Crippen LogP contribution in [0.2, 0.25) is 0 Å². The number of carbonyl (C=O) groups is 1.